The molecule has 0 unspecified atom stereocenters. The molecule has 0 saturated carbocycles. The molecule has 0 amide bonds. The van der Waals surface area contributed by atoms with Crippen molar-refractivity contribution < 1.29 is 0 Å². The lowest BCUT2D eigenvalue weighted by molar-refractivity contribution is 0.977. The summed E-state index contributed by atoms with van der Waals surface area (Å²) in [6.07, 6.45) is 11.0. The predicted octanol–water partition coefficient (Wildman–Crippen LogP) is 1.18. The van der Waals surface area contributed by atoms with Crippen LogP contribution in [0.25, 0.3) is 0 Å². The molecule has 1 aliphatic rings. The molecule has 0 aromatic carbocycles. The molecule has 1 aliphatic carbocycles. The van der Waals surface area contributed by atoms with E-state index in [0.717, 1.165) is 24.1 Å². The summed E-state index contributed by atoms with van der Waals surface area (Å²) in [4.78, 5) is 0. The monoisotopic (exact) mass is 119 g/mol. The molecule has 0 bridgehead atoms. The summed E-state index contributed by atoms with van der Waals surface area (Å²) in [6, 6.07) is 0. The molecular formula is C8H9N. The molecule has 9 heavy (non-hydrogen) atoms. The van der Waals surface area contributed by atoms with Gasteiger partial charge in [-0.25, -0.2) is 0 Å². The molecule has 0 fully saturated rings. The maximum Gasteiger partial charge on any atom is 0.0282 e. The highest BCUT2D eigenvalue weighted by atomic mass is 14.6. The quantitative estimate of drug-likeness (QED) is 0.476. The third kappa shape index (κ3) is 1.36. The van der Waals surface area contributed by atoms with E-state index in [1.54, 1.807) is 0 Å². The summed E-state index contributed by atoms with van der Waals surface area (Å²) in [5.74, 6) is 2.57. The second-order valence-electron chi connectivity index (χ2n) is 2.06. The molecule has 0 aromatic heterocycles. The summed E-state index contributed by atoms with van der Waals surface area (Å²) in [6.45, 7) is 0. The van der Waals surface area contributed by atoms with Gasteiger partial charge in [-0.3, -0.25) is 0 Å². The fourth-order valence-electron chi connectivity index (χ4n) is 0.840. The normalized spacial score (nSPS) is 17.7. The van der Waals surface area contributed by atoms with Crippen molar-refractivity contribution in [3.8, 4) is 12.3 Å². The maximum absolute atomic E-state index is 5.49. The summed E-state index contributed by atoms with van der Waals surface area (Å²) >= 11 is 0. The van der Waals surface area contributed by atoms with Crippen molar-refractivity contribution in [2.45, 2.75) is 12.8 Å². The molecule has 2 N–H and O–H groups in total. The number of nitrogens with two attached hydrogens (primary N) is 1. The Labute approximate surface area is 55.2 Å². The Hall–Kier alpha value is -1.16. The second-order valence-corrected chi connectivity index (χ2v) is 2.06. The van der Waals surface area contributed by atoms with Crippen molar-refractivity contribution >= 4 is 0 Å². The van der Waals surface area contributed by atoms with E-state index in [1.807, 2.05) is 12.2 Å². The molecule has 0 heterocycles. The SMILES string of the molecule is C#CC1=CC(N)=CCC1. The van der Waals surface area contributed by atoms with E-state index in [0.29, 0.717) is 0 Å². The van der Waals surface area contributed by atoms with Crippen LogP contribution < -0.4 is 5.73 Å². The van der Waals surface area contributed by atoms with E-state index in [1.165, 1.54) is 0 Å². The molecule has 1 heteroatoms. The van der Waals surface area contributed by atoms with Gasteiger partial charge in [-0.1, -0.05) is 12.0 Å². The largest absolute Gasteiger partial charge is 0.399 e. The van der Waals surface area contributed by atoms with Gasteiger partial charge in [0, 0.05) is 11.3 Å². The van der Waals surface area contributed by atoms with Crippen LogP contribution in [0.4, 0.5) is 0 Å². The van der Waals surface area contributed by atoms with Gasteiger partial charge >= 0.3 is 0 Å². The number of hydrogen-bond acceptors (Lipinski definition) is 1. The molecular weight excluding hydrogens is 110 g/mol. The molecule has 0 atom stereocenters. The average Bonchev–Trinajstić information content (AvgIpc) is 1.88. The molecule has 0 aromatic rings. The highest BCUT2D eigenvalue weighted by Gasteiger charge is 1.97. The minimum absolute atomic E-state index is 0.800. The lowest BCUT2D eigenvalue weighted by Crippen LogP contribution is -1.98. The van der Waals surface area contributed by atoms with Crippen LogP contribution >= 0.6 is 0 Å². The van der Waals surface area contributed by atoms with Gasteiger partial charge in [0.1, 0.15) is 0 Å². The molecule has 46 valence electrons. The van der Waals surface area contributed by atoms with Crippen LogP contribution in [-0.2, 0) is 0 Å². The minimum Gasteiger partial charge on any atom is -0.399 e. The van der Waals surface area contributed by atoms with Gasteiger partial charge in [0.2, 0.25) is 0 Å². The van der Waals surface area contributed by atoms with Crippen LogP contribution in [0.1, 0.15) is 12.8 Å². The Bertz CT molecular complexity index is 203. The average molecular weight is 119 g/mol. The Morgan fingerprint density at radius 1 is 1.67 bits per heavy atom. The van der Waals surface area contributed by atoms with E-state index in [9.17, 15) is 0 Å². The van der Waals surface area contributed by atoms with Crippen LogP contribution in [0, 0.1) is 12.3 Å². The van der Waals surface area contributed by atoms with Crippen molar-refractivity contribution in [2.24, 2.45) is 5.73 Å². The van der Waals surface area contributed by atoms with Gasteiger partial charge in [0.15, 0.2) is 0 Å². The minimum atomic E-state index is 0.800. The standard InChI is InChI=1S/C8H9N/c1-2-7-4-3-5-8(9)6-7/h1,5-6H,3-4,9H2. The number of terminal acetylenes is 1. The van der Waals surface area contributed by atoms with Crippen LogP contribution in [0.15, 0.2) is 23.4 Å². The second kappa shape index (κ2) is 2.41. The summed E-state index contributed by atoms with van der Waals surface area (Å²) in [5.41, 5.74) is 7.30. The molecule has 0 radical (unpaired) electrons. The Morgan fingerprint density at radius 3 is 2.89 bits per heavy atom. The molecule has 1 rings (SSSR count). The maximum atomic E-state index is 5.49. The first-order chi connectivity index (χ1) is 4.33. The first kappa shape index (κ1) is 5.97. The third-order valence-electron chi connectivity index (χ3n) is 1.32. The Kier molecular flexibility index (Phi) is 1.60. The molecule has 0 saturated heterocycles. The fourth-order valence-corrected chi connectivity index (χ4v) is 0.840. The van der Waals surface area contributed by atoms with Gasteiger partial charge in [0.05, 0.1) is 0 Å². The predicted molar refractivity (Wildman–Crippen MR) is 38.4 cm³/mol. The van der Waals surface area contributed by atoms with Crippen LogP contribution in [0.2, 0.25) is 0 Å². The lowest BCUT2D eigenvalue weighted by Gasteiger charge is -2.03. The first-order valence-corrected chi connectivity index (χ1v) is 2.96. The van der Waals surface area contributed by atoms with E-state index in [-0.39, 0.29) is 0 Å². The van der Waals surface area contributed by atoms with E-state index in [4.69, 9.17) is 12.2 Å². The van der Waals surface area contributed by atoms with Crippen molar-refractivity contribution in [3.05, 3.63) is 23.4 Å². The lowest BCUT2D eigenvalue weighted by atomic mass is 10.0. The van der Waals surface area contributed by atoms with Gasteiger partial charge in [0.25, 0.3) is 0 Å². The number of rotatable bonds is 0. The highest BCUT2D eigenvalue weighted by Crippen LogP contribution is 2.12. The third-order valence-corrected chi connectivity index (χ3v) is 1.32. The van der Waals surface area contributed by atoms with Crippen molar-refractivity contribution in [1.82, 2.24) is 0 Å². The van der Waals surface area contributed by atoms with E-state index >= 15 is 0 Å². The summed E-state index contributed by atoms with van der Waals surface area (Å²) in [5, 5.41) is 0. The van der Waals surface area contributed by atoms with Gasteiger partial charge in [-0.05, 0) is 18.9 Å². The Balaban J connectivity index is 2.78. The van der Waals surface area contributed by atoms with Gasteiger partial charge in [-0.2, -0.15) is 0 Å². The van der Waals surface area contributed by atoms with Crippen LogP contribution in [0.3, 0.4) is 0 Å². The zero-order valence-corrected chi connectivity index (χ0v) is 5.22. The van der Waals surface area contributed by atoms with Crippen LogP contribution in [-0.4, -0.2) is 0 Å². The smallest absolute Gasteiger partial charge is 0.0282 e. The molecule has 1 nitrogen and oxygen atoms in total. The Morgan fingerprint density at radius 2 is 2.44 bits per heavy atom. The zero-order valence-electron chi connectivity index (χ0n) is 5.22. The van der Waals surface area contributed by atoms with E-state index in [2.05, 4.69) is 5.92 Å². The number of allylic oxidation sites excluding steroid dienone is 3. The highest BCUT2D eigenvalue weighted by molar-refractivity contribution is 5.35. The van der Waals surface area contributed by atoms with E-state index < -0.39 is 0 Å². The van der Waals surface area contributed by atoms with Crippen molar-refractivity contribution in [3.63, 3.8) is 0 Å². The summed E-state index contributed by atoms with van der Waals surface area (Å²) < 4.78 is 0. The zero-order chi connectivity index (χ0) is 6.69. The van der Waals surface area contributed by atoms with Gasteiger partial charge < -0.3 is 5.73 Å². The van der Waals surface area contributed by atoms with Crippen LogP contribution in [0.5, 0.6) is 0 Å². The molecule has 0 aliphatic heterocycles. The van der Waals surface area contributed by atoms with Gasteiger partial charge in [-0.15, -0.1) is 6.42 Å². The van der Waals surface area contributed by atoms with Crippen molar-refractivity contribution in [2.75, 3.05) is 0 Å². The topological polar surface area (TPSA) is 26.0 Å². The number of hydrogen-bond donors (Lipinski definition) is 1. The molecule has 0 spiro atoms. The van der Waals surface area contributed by atoms with Crippen molar-refractivity contribution in [1.29, 1.82) is 0 Å². The first-order valence-electron chi connectivity index (χ1n) is 2.96. The fraction of sp³-hybridized carbons (Fsp3) is 0.250. The summed E-state index contributed by atoms with van der Waals surface area (Å²) in [7, 11) is 0.